The van der Waals surface area contributed by atoms with Crippen LogP contribution in [0.15, 0.2) is 24.8 Å². The van der Waals surface area contributed by atoms with Gasteiger partial charge in [0.1, 0.15) is 0 Å². The standard InChI is InChI=1S/C8H5F2N3/c9-6-3-11-4-7(10)8(6)5-1-12-13-2-5/h1-4H,(H,12,13). The number of halogens is 2. The number of pyridine rings is 1. The zero-order valence-corrected chi connectivity index (χ0v) is 6.46. The second-order valence-electron chi connectivity index (χ2n) is 2.47. The first-order chi connectivity index (χ1) is 6.29. The minimum atomic E-state index is -0.693. The summed E-state index contributed by atoms with van der Waals surface area (Å²) in [6, 6.07) is 0. The van der Waals surface area contributed by atoms with Crippen molar-refractivity contribution in [3.63, 3.8) is 0 Å². The third-order valence-corrected chi connectivity index (χ3v) is 1.64. The van der Waals surface area contributed by atoms with Gasteiger partial charge in [-0.3, -0.25) is 10.1 Å². The molecule has 0 aliphatic rings. The van der Waals surface area contributed by atoms with E-state index in [-0.39, 0.29) is 5.56 Å². The second-order valence-corrected chi connectivity index (χ2v) is 2.47. The minimum Gasteiger partial charge on any atom is -0.285 e. The molecule has 0 unspecified atom stereocenters. The smallest absolute Gasteiger partial charge is 0.152 e. The Kier molecular flexibility index (Phi) is 1.77. The van der Waals surface area contributed by atoms with Crippen LogP contribution < -0.4 is 0 Å². The molecule has 3 nitrogen and oxygen atoms in total. The van der Waals surface area contributed by atoms with Gasteiger partial charge in [-0.15, -0.1) is 0 Å². The highest BCUT2D eigenvalue weighted by Gasteiger charge is 2.11. The average Bonchev–Trinajstić information content (AvgIpc) is 2.57. The first-order valence-corrected chi connectivity index (χ1v) is 3.57. The molecule has 2 heterocycles. The van der Waals surface area contributed by atoms with Crippen molar-refractivity contribution in [2.75, 3.05) is 0 Å². The fourth-order valence-electron chi connectivity index (χ4n) is 1.07. The van der Waals surface area contributed by atoms with Crippen LogP contribution in [-0.2, 0) is 0 Å². The molecule has 0 aromatic carbocycles. The summed E-state index contributed by atoms with van der Waals surface area (Å²) >= 11 is 0. The summed E-state index contributed by atoms with van der Waals surface area (Å²) in [5.74, 6) is -1.39. The van der Waals surface area contributed by atoms with Gasteiger partial charge in [0, 0.05) is 11.8 Å². The molecule has 0 aliphatic heterocycles. The van der Waals surface area contributed by atoms with Gasteiger partial charge < -0.3 is 0 Å². The molecule has 0 radical (unpaired) electrons. The molecule has 1 N–H and O–H groups in total. The van der Waals surface area contributed by atoms with Crippen LogP contribution in [0.2, 0.25) is 0 Å². The van der Waals surface area contributed by atoms with Crippen LogP contribution in [0, 0.1) is 11.6 Å². The summed E-state index contributed by atoms with van der Waals surface area (Å²) in [7, 11) is 0. The number of hydrogen-bond acceptors (Lipinski definition) is 2. The van der Waals surface area contributed by atoms with Crippen molar-refractivity contribution < 1.29 is 8.78 Å². The van der Waals surface area contributed by atoms with Gasteiger partial charge in [-0.1, -0.05) is 0 Å². The molecule has 5 heteroatoms. The number of nitrogens with one attached hydrogen (secondary N) is 1. The van der Waals surface area contributed by atoms with E-state index in [1.807, 2.05) is 0 Å². The van der Waals surface area contributed by atoms with Crippen molar-refractivity contribution in [3.05, 3.63) is 36.4 Å². The molecular formula is C8H5F2N3. The summed E-state index contributed by atoms with van der Waals surface area (Å²) in [4.78, 5) is 3.37. The maximum atomic E-state index is 13.1. The van der Waals surface area contributed by atoms with E-state index < -0.39 is 11.6 Å². The van der Waals surface area contributed by atoms with E-state index in [1.165, 1.54) is 12.4 Å². The van der Waals surface area contributed by atoms with Crippen LogP contribution in [0.4, 0.5) is 8.78 Å². The number of H-pyrrole nitrogens is 1. The van der Waals surface area contributed by atoms with Crippen LogP contribution in [0.1, 0.15) is 0 Å². The quantitative estimate of drug-likeness (QED) is 0.728. The van der Waals surface area contributed by atoms with Gasteiger partial charge in [0.05, 0.1) is 24.2 Å². The van der Waals surface area contributed by atoms with Gasteiger partial charge in [-0.05, 0) is 0 Å². The van der Waals surface area contributed by atoms with E-state index >= 15 is 0 Å². The van der Waals surface area contributed by atoms with Crippen molar-refractivity contribution >= 4 is 0 Å². The largest absolute Gasteiger partial charge is 0.285 e. The number of aromatic amines is 1. The minimum absolute atomic E-state index is 0.108. The van der Waals surface area contributed by atoms with Crippen LogP contribution >= 0.6 is 0 Å². The predicted molar refractivity (Wildman–Crippen MR) is 41.7 cm³/mol. The first kappa shape index (κ1) is 7.85. The fourth-order valence-corrected chi connectivity index (χ4v) is 1.07. The number of aromatic nitrogens is 3. The SMILES string of the molecule is Fc1cncc(F)c1-c1cn[nH]c1. The Hall–Kier alpha value is -1.78. The van der Waals surface area contributed by atoms with Crippen LogP contribution in [0.3, 0.4) is 0 Å². The molecule has 0 atom stereocenters. The summed E-state index contributed by atoms with van der Waals surface area (Å²) < 4.78 is 26.1. The first-order valence-electron chi connectivity index (χ1n) is 3.57. The maximum absolute atomic E-state index is 13.1. The maximum Gasteiger partial charge on any atom is 0.152 e. The Labute approximate surface area is 72.4 Å². The molecule has 2 aromatic rings. The number of hydrogen-bond donors (Lipinski definition) is 1. The Morgan fingerprint density at radius 2 is 1.77 bits per heavy atom. The highest BCUT2D eigenvalue weighted by molar-refractivity contribution is 5.62. The zero-order chi connectivity index (χ0) is 9.26. The Morgan fingerprint density at radius 1 is 1.08 bits per heavy atom. The summed E-state index contributed by atoms with van der Waals surface area (Å²) in [5, 5.41) is 6.08. The van der Waals surface area contributed by atoms with Gasteiger partial charge in [0.2, 0.25) is 0 Å². The van der Waals surface area contributed by atoms with Gasteiger partial charge in [-0.2, -0.15) is 5.10 Å². The predicted octanol–water partition coefficient (Wildman–Crippen LogP) is 1.75. The molecule has 0 amide bonds. The highest BCUT2D eigenvalue weighted by Crippen LogP contribution is 2.23. The van der Waals surface area contributed by atoms with Gasteiger partial charge in [-0.25, -0.2) is 8.78 Å². The molecule has 2 aromatic heterocycles. The lowest BCUT2D eigenvalue weighted by Crippen LogP contribution is -1.90. The molecule has 13 heavy (non-hydrogen) atoms. The molecule has 66 valence electrons. The second kappa shape index (κ2) is 2.93. The van der Waals surface area contributed by atoms with Crippen LogP contribution in [0.5, 0.6) is 0 Å². The molecule has 0 spiro atoms. The monoisotopic (exact) mass is 181 g/mol. The Bertz CT molecular complexity index is 391. The van der Waals surface area contributed by atoms with Crippen molar-refractivity contribution in [2.45, 2.75) is 0 Å². The van der Waals surface area contributed by atoms with Crippen LogP contribution in [0.25, 0.3) is 11.1 Å². The Morgan fingerprint density at radius 3 is 2.31 bits per heavy atom. The van der Waals surface area contributed by atoms with Crippen molar-refractivity contribution in [3.8, 4) is 11.1 Å². The fraction of sp³-hybridized carbons (Fsp3) is 0. The number of nitrogens with zero attached hydrogens (tertiary/aromatic N) is 2. The van der Waals surface area contributed by atoms with E-state index in [9.17, 15) is 8.78 Å². The lowest BCUT2D eigenvalue weighted by atomic mass is 10.1. The van der Waals surface area contributed by atoms with Crippen molar-refractivity contribution in [1.82, 2.24) is 15.2 Å². The van der Waals surface area contributed by atoms with Crippen molar-refractivity contribution in [2.24, 2.45) is 0 Å². The summed E-state index contributed by atoms with van der Waals surface area (Å²) in [5.41, 5.74) is 0.265. The highest BCUT2D eigenvalue weighted by atomic mass is 19.1. The average molecular weight is 181 g/mol. The van der Waals surface area contributed by atoms with E-state index in [0.717, 1.165) is 12.4 Å². The van der Waals surface area contributed by atoms with E-state index in [0.29, 0.717) is 5.56 Å². The van der Waals surface area contributed by atoms with Crippen LogP contribution in [-0.4, -0.2) is 15.2 Å². The van der Waals surface area contributed by atoms with Gasteiger partial charge >= 0.3 is 0 Å². The van der Waals surface area contributed by atoms with Gasteiger partial charge in [0.15, 0.2) is 11.6 Å². The summed E-state index contributed by atoms with van der Waals surface area (Å²) in [6.07, 6.45) is 4.69. The molecule has 0 saturated heterocycles. The molecular weight excluding hydrogens is 176 g/mol. The lowest BCUT2D eigenvalue weighted by molar-refractivity contribution is 0.579. The normalized spacial score (nSPS) is 10.3. The molecule has 0 bridgehead atoms. The van der Waals surface area contributed by atoms with E-state index in [2.05, 4.69) is 15.2 Å². The molecule has 0 aliphatic carbocycles. The molecule has 0 saturated carbocycles. The Balaban J connectivity index is 2.64. The van der Waals surface area contributed by atoms with Crippen molar-refractivity contribution in [1.29, 1.82) is 0 Å². The van der Waals surface area contributed by atoms with Gasteiger partial charge in [0.25, 0.3) is 0 Å². The summed E-state index contributed by atoms with van der Waals surface area (Å²) in [6.45, 7) is 0. The third kappa shape index (κ3) is 1.28. The van der Waals surface area contributed by atoms with E-state index in [4.69, 9.17) is 0 Å². The lowest BCUT2D eigenvalue weighted by Gasteiger charge is -1.99. The molecule has 0 fully saturated rings. The third-order valence-electron chi connectivity index (χ3n) is 1.64. The number of rotatable bonds is 1. The topological polar surface area (TPSA) is 41.6 Å². The van der Waals surface area contributed by atoms with E-state index in [1.54, 1.807) is 0 Å². The molecule has 2 rings (SSSR count). The zero-order valence-electron chi connectivity index (χ0n) is 6.46.